The molecule has 2 fully saturated rings. The van der Waals surface area contributed by atoms with Gasteiger partial charge >= 0.3 is 5.97 Å². The van der Waals surface area contributed by atoms with E-state index >= 15 is 0 Å². The van der Waals surface area contributed by atoms with Gasteiger partial charge in [0.15, 0.2) is 5.79 Å². The van der Waals surface area contributed by atoms with Crippen molar-refractivity contribution in [2.45, 2.75) is 18.6 Å². The maximum atomic E-state index is 11.5. The molecular formula is C15H19NO5. The second kappa shape index (κ2) is 5.54. The van der Waals surface area contributed by atoms with Crippen LogP contribution in [0.5, 0.6) is 5.75 Å². The van der Waals surface area contributed by atoms with Gasteiger partial charge in [-0.05, 0) is 12.1 Å². The fourth-order valence-electron chi connectivity index (χ4n) is 2.89. The fourth-order valence-corrected chi connectivity index (χ4v) is 2.89. The van der Waals surface area contributed by atoms with Gasteiger partial charge in [-0.15, -0.1) is 0 Å². The Hall–Kier alpha value is -1.79. The van der Waals surface area contributed by atoms with Crippen molar-refractivity contribution < 1.29 is 24.1 Å². The van der Waals surface area contributed by atoms with Crippen LogP contribution in [0.4, 0.5) is 5.69 Å². The van der Waals surface area contributed by atoms with Crippen LogP contribution in [-0.2, 0) is 14.2 Å². The first-order valence-corrected chi connectivity index (χ1v) is 7.08. The van der Waals surface area contributed by atoms with Crippen LogP contribution in [0.1, 0.15) is 23.2 Å². The highest BCUT2D eigenvalue weighted by atomic mass is 16.7. The highest BCUT2D eigenvalue weighted by Crippen LogP contribution is 2.34. The average molecular weight is 293 g/mol. The summed E-state index contributed by atoms with van der Waals surface area (Å²) >= 11 is 0. The van der Waals surface area contributed by atoms with Crippen molar-refractivity contribution in [2.24, 2.45) is 0 Å². The average Bonchev–Trinajstić information content (AvgIpc) is 2.95. The normalized spacial score (nSPS) is 20.7. The highest BCUT2D eigenvalue weighted by molar-refractivity contribution is 5.92. The molecule has 0 amide bonds. The molecule has 0 atom stereocenters. The largest absolute Gasteiger partial charge is 0.507 e. The maximum absolute atomic E-state index is 11.5. The zero-order chi connectivity index (χ0) is 14.9. The number of rotatable bonds is 2. The lowest BCUT2D eigenvalue weighted by Crippen LogP contribution is -2.45. The Balaban J connectivity index is 1.71. The molecule has 2 heterocycles. The molecule has 0 saturated carbocycles. The van der Waals surface area contributed by atoms with Crippen LogP contribution in [0, 0.1) is 0 Å². The summed E-state index contributed by atoms with van der Waals surface area (Å²) in [5, 5.41) is 9.95. The maximum Gasteiger partial charge on any atom is 0.341 e. The second-order valence-corrected chi connectivity index (χ2v) is 5.29. The lowest BCUT2D eigenvalue weighted by atomic mass is 10.0. The zero-order valence-corrected chi connectivity index (χ0v) is 12.0. The molecule has 0 aliphatic carbocycles. The summed E-state index contributed by atoms with van der Waals surface area (Å²) in [6.45, 7) is 2.90. The van der Waals surface area contributed by atoms with E-state index in [1.165, 1.54) is 7.11 Å². The second-order valence-electron chi connectivity index (χ2n) is 5.29. The highest BCUT2D eigenvalue weighted by Gasteiger charge is 2.39. The molecule has 114 valence electrons. The summed E-state index contributed by atoms with van der Waals surface area (Å²) in [6.07, 6.45) is 1.60. The number of ether oxygens (including phenoxy) is 3. The van der Waals surface area contributed by atoms with Gasteiger partial charge in [-0.2, -0.15) is 0 Å². The van der Waals surface area contributed by atoms with Crippen LogP contribution in [0.2, 0.25) is 0 Å². The van der Waals surface area contributed by atoms with Crippen LogP contribution in [0.25, 0.3) is 0 Å². The molecule has 21 heavy (non-hydrogen) atoms. The number of anilines is 1. The summed E-state index contributed by atoms with van der Waals surface area (Å²) < 4.78 is 16.0. The Morgan fingerprint density at radius 3 is 2.52 bits per heavy atom. The molecule has 0 bridgehead atoms. The number of phenols is 1. The van der Waals surface area contributed by atoms with Gasteiger partial charge in [-0.3, -0.25) is 0 Å². The topological polar surface area (TPSA) is 68.2 Å². The summed E-state index contributed by atoms with van der Waals surface area (Å²) in [5.41, 5.74) is 1.06. The van der Waals surface area contributed by atoms with E-state index in [-0.39, 0.29) is 11.3 Å². The van der Waals surface area contributed by atoms with Crippen LogP contribution in [0.3, 0.4) is 0 Å². The van der Waals surface area contributed by atoms with E-state index in [0.717, 1.165) is 31.6 Å². The Morgan fingerprint density at radius 1 is 1.29 bits per heavy atom. The standard InChI is InChI=1S/C15H19NO5/c1-19-14(18)12-3-2-11(10-13(12)17)16-6-4-15(5-7-16)20-8-9-21-15/h2-3,10,17H,4-9H2,1H3. The van der Waals surface area contributed by atoms with E-state index in [2.05, 4.69) is 9.64 Å². The Labute approximate surface area is 123 Å². The lowest BCUT2D eigenvalue weighted by molar-refractivity contribution is -0.169. The minimum atomic E-state index is -0.538. The summed E-state index contributed by atoms with van der Waals surface area (Å²) in [6, 6.07) is 5.00. The van der Waals surface area contributed by atoms with Gasteiger partial charge in [0.1, 0.15) is 11.3 Å². The lowest BCUT2D eigenvalue weighted by Gasteiger charge is -2.38. The SMILES string of the molecule is COC(=O)c1ccc(N2CCC3(CC2)OCCO3)cc1O. The Morgan fingerprint density at radius 2 is 1.95 bits per heavy atom. The predicted octanol–water partition coefficient (Wildman–Crippen LogP) is 1.52. The molecule has 6 nitrogen and oxygen atoms in total. The first kappa shape index (κ1) is 14.2. The number of esters is 1. The number of phenolic OH excluding ortho intramolecular Hbond substituents is 1. The van der Waals surface area contributed by atoms with Crippen molar-refractivity contribution in [3.63, 3.8) is 0 Å². The molecule has 0 unspecified atom stereocenters. The van der Waals surface area contributed by atoms with Gasteiger partial charge in [0.05, 0.1) is 20.3 Å². The van der Waals surface area contributed by atoms with Crippen molar-refractivity contribution in [2.75, 3.05) is 38.3 Å². The van der Waals surface area contributed by atoms with Crippen molar-refractivity contribution in [1.29, 1.82) is 0 Å². The van der Waals surface area contributed by atoms with Gasteiger partial charge in [-0.25, -0.2) is 4.79 Å². The molecule has 3 rings (SSSR count). The fraction of sp³-hybridized carbons (Fsp3) is 0.533. The molecule has 0 aromatic heterocycles. The molecule has 1 N–H and O–H groups in total. The first-order chi connectivity index (χ1) is 10.1. The minimum absolute atomic E-state index is 0.0620. The monoisotopic (exact) mass is 293 g/mol. The molecule has 0 radical (unpaired) electrons. The number of hydrogen-bond donors (Lipinski definition) is 1. The Bertz CT molecular complexity index is 529. The molecule has 2 aliphatic rings. The summed E-state index contributed by atoms with van der Waals surface area (Å²) in [5.74, 6) is -1.01. The van der Waals surface area contributed by atoms with Crippen molar-refractivity contribution in [3.05, 3.63) is 23.8 Å². The smallest absolute Gasteiger partial charge is 0.341 e. The molecule has 2 aliphatic heterocycles. The van der Waals surface area contributed by atoms with E-state index < -0.39 is 11.8 Å². The quantitative estimate of drug-likeness (QED) is 0.834. The predicted molar refractivity (Wildman–Crippen MR) is 75.5 cm³/mol. The van der Waals surface area contributed by atoms with Crippen LogP contribution < -0.4 is 4.90 Å². The third-order valence-corrected chi connectivity index (χ3v) is 4.09. The number of nitrogens with zero attached hydrogens (tertiary/aromatic N) is 1. The number of benzene rings is 1. The molecular weight excluding hydrogens is 274 g/mol. The van der Waals surface area contributed by atoms with Crippen molar-refractivity contribution in [1.82, 2.24) is 0 Å². The number of aromatic hydroxyl groups is 1. The number of methoxy groups -OCH3 is 1. The van der Waals surface area contributed by atoms with Crippen LogP contribution in [0.15, 0.2) is 18.2 Å². The summed E-state index contributed by atoms with van der Waals surface area (Å²) in [4.78, 5) is 13.6. The number of piperidine rings is 1. The van der Waals surface area contributed by atoms with Gasteiger partial charge in [0.2, 0.25) is 0 Å². The van der Waals surface area contributed by atoms with Gasteiger partial charge in [-0.1, -0.05) is 0 Å². The van der Waals surface area contributed by atoms with E-state index in [1.807, 2.05) is 6.07 Å². The van der Waals surface area contributed by atoms with Gasteiger partial charge in [0.25, 0.3) is 0 Å². The summed E-state index contributed by atoms with van der Waals surface area (Å²) in [7, 11) is 1.29. The van der Waals surface area contributed by atoms with Crippen LogP contribution in [-0.4, -0.2) is 50.3 Å². The minimum Gasteiger partial charge on any atom is -0.507 e. The van der Waals surface area contributed by atoms with E-state index in [0.29, 0.717) is 13.2 Å². The number of hydrogen-bond acceptors (Lipinski definition) is 6. The van der Waals surface area contributed by atoms with Gasteiger partial charge in [0, 0.05) is 37.7 Å². The third-order valence-electron chi connectivity index (χ3n) is 4.09. The van der Waals surface area contributed by atoms with Crippen molar-refractivity contribution >= 4 is 11.7 Å². The molecule has 6 heteroatoms. The molecule has 2 saturated heterocycles. The first-order valence-electron chi connectivity index (χ1n) is 7.08. The zero-order valence-electron chi connectivity index (χ0n) is 12.0. The van der Waals surface area contributed by atoms with E-state index in [9.17, 15) is 9.90 Å². The van der Waals surface area contributed by atoms with E-state index in [4.69, 9.17) is 9.47 Å². The molecule has 1 spiro atoms. The van der Waals surface area contributed by atoms with Gasteiger partial charge < -0.3 is 24.2 Å². The number of carbonyl (C=O) groups is 1. The third kappa shape index (κ3) is 2.69. The van der Waals surface area contributed by atoms with Crippen molar-refractivity contribution in [3.8, 4) is 5.75 Å². The van der Waals surface area contributed by atoms with E-state index in [1.54, 1.807) is 12.1 Å². The molecule has 1 aromatic rings. The number of carbonyl (C=O) groups excluding carboxylic acids is 1. The molecule has 1 aromatic carbocycles. The Kier molecular flexibility index (Phi) is 3.73. The van der Waals surface area contributed by atoms with Crippen LogP contribution >= 0.6 is 0 Å².